The third kappa shape index (κ3) is 17.4. The fourth-order valence-electron chi connectivity index (χ4n) is 0.183. The van der Waals surface area contributed by atoms with Crippen molar-refractivity contribution in [1.82, 2.24) is 4.90 Å². The van der Waals surface area contributed by atoms with E-state index in [4.69, 9.17) is 0 Å². The van der Waals surface area contributed by atoms with E-state index in [2.05, 4.69) is 11.5 Å². The number of hydrogen-bond acceptors (Lipinski definition) is 2. The Bertz CT molecular complexity index is 119. The monoisotopic (exact) mass is 223 g/mol. The summed E-state index contributed by atoms with van der Waals surface area (Å²) in [6.07, 6.45) is 0.604. The summed E-state index contributed by atoms with van der Waals surface area (Å²) in [5.41, 5.74) is 0. The third-order valence-electron chi connectivity index (χ3n) is 0.842. The second-order valence-corrected chi connectivity index (χ2v) is 1.94. The van der Waals surface area contributed by atoms with Gasteiger partial charge in [0.15, 0.2) is 0 Å². The van der Waals surface area contributed by atoms with E-state index in [1.54, 1.807) is 0 Å². The van der Waals surface area contributed by atoms with Crippen LogP contribution in [0.1, 0.15) is 0 Å². The summed E-state index contributed by atoms with van der Waals surface area (Å²) in [6, 6.07) is -2.86. The van der Waals surface area contributed by atoms with E-state index in [1.165, 1.54) is 14.1 Å². The Morgan fingerprint density at radius 2 is 1.57 bits per heavy atom. The number of hydrogen-bond donors (Lipinski definition) is 0. The van der Waals surface area contributed by atoms with Gasteiger partial charge in [0.1, 0.15) is 0 Å². The van der Waals surface area contributed by atoms with E-state index in [1.807, 2.05) is 0 Å². The van der Waals surface area contributed by atoms with Gasteiger partial charge >= 0.3 is 6.05 Å². The molecule has 0 radical (unpaired) electrons. The Morgan fingerprint density at radius 3 is 1.57 bits per heavy atom. The van der Waals surface area contributed by atoms with Gasteiger partial charge in [0.2, 0.25) is 6.93 Å². The van der Waals surface area contributed by atoms with Crippen LogP contribution in [0.15, 0.2) is 12.7 Å². The maximum absolute atomic E-state index is 12.1. The summed E-state index contributed by atoms with van der Waals surface area (Å²) in [4.78, 5) is 3.54. The summed E-state index contributed by atoms with van der Waals surface area (Å²) in [5, 5.41) is 0. The van der Waals surface area contributed by atoms with Crippen LogP contribution in [0.3, 0.4) is 0 Å². The average Bonchev–Trinajstić information content (AvgIpc) is 2.07. The molecule has 0 aliphatic heterocycles. The van der Waals surface area contributed by atoms with Gasteiger partial charge in [-0.25, -0.2) is 13.7 Å². The van der Waals surface area contributed by atoms with Crippen LogP contribution in [-0.2, 0) is 4.94 Å². The molecule has 7 heteroatoms. The Morgan fingerprint density at radius 1 is 1.36 bits per heavy atom. The molecule has 14 heavy (non-hydrogen) atoms. The maximum Gasteiger partial charge on any atom is 0.324 e. The highest BCUT2D eigenvalue weighted by Crippen LogP contribution is 2.15. The predicted molar refractivity (Wildman–Crippen MR) is 44.0 cm³/mol. The molecule has 0 unspecified atom stereocenters. The minimum Gasteiger partial charge on any atom is -0.247 e. The molecule has 0 aliphatic carbocycles. The average molecular weight is 223 g/mol. The summed E-state index contributed by atoms with van der Waals surface area (Å²) in [5.74, 6) is 0. The van der Waals surface area contributed by atoms with Crippen molar-refractivity contribution in [3.05, 3.63) is 12.7 Å². The van der Waals surface area contributed by atoms with E-state index in [0.717, 1.165) is 12.0 Å². The largest absolute Gasteiger partial charge is 0.324 e. The Balaban J connectivity index is -0.000000168. The molecule has 0 atom stereocenters. The summed E-state index contributed by atoms with van der Waals surface area (Å²) >= 11 is 0. The summed E-state index contributed by atoms with van der Waals surface area (Å²) < 4.78 is 53.2. The molecule has 0 aromatic rings. The highest BCUT2D eigenvalue weighted by molar-refractivity contribution is 4.83. The molecule has 0 heterocycles. The molecule has 0 spiro atoms. The Labute approximate surface area is 79.9 Å². The van der Waals surface area contributed by atoms with Crippen molar-refractivity contribution in [2.24, 2.45) is 0 Å². The SMILES string of the molecule is C=CC(F)(F)N(C)C.COF.FCF. The van der Waals surface area contributed by atoms with Crippen molar-refractivity contribution in [1.29, 1.82) is 0 Å². The number of likely N-dealkylation sites (N-methyl/N-ethyl adjacent to an activating group) is 1. The molecule has 0 bridgehead atoms. The van der Waals surface area contributed by atoms with Crippen molar-refractivity contribution in [2.45, 2.75) is 6.05 Å². The van der Waals surface area contributed by atoms with Crippen LogP contribution in [0.2, 0.25) is 0 Å². The number of halogens is 5. The topological polar surface area (TPSA) is 12.5 Å². The minimum absolute atomic E-state index is 0.604. The molecule has 0 amide bonds. The summed E-state index contributed by atoms with van der Waals surface area (Å²) in [7, 11) is 3.55. The molecule has 2 nitrogen and oxygen atoms in total. The first kappa shape index (κ1) is 19.0. The lowest BCUT2D eigenvalue weighted by atomic mass is 10.5. The molecular weight excluding hydrogens is 209 g/mol. The van der Waals surface area contributed by atoms with Gasteiger partial charge < -0.3 is 0 Å². The van der Waals surface area contributed by atoms with E-state index in [0.29, 0.717) is 6.08 Å². The van der Waals surface area contributed by atoms with Crippen molar-refractivity contribution in [3.63, 3.8) is 0 Å². The molecule has 0 aliphatic rings. The molecule has 0 aromatic carbocycles. The molecule has 0 fully saturated rings. The maximum atomic E-state index is 12.1. The van der Waals surface area contributed by atoms with Crippen molar-refractivity contribution in [2.75, 3.05) is 28.1 Å². The normalized spacial score (nSPS) is 9.50. The summed E-state index contributed by atoms with van der Waals surface area (Å²) in [6.45, 7) is 1.21. The van der Waals surface area contributed by atoms with Gasteiger partial charge in [-0.2, -0.15) is 13.7 Å². The van der Waals surface area contributed by atoms with E-state index < -0.39 is 13.0 Å². The van der Waals surface area contributed by atoms with Gasteiger partial charge in [-0.05, 0) is 24.7 Å². The van der Waals surface area contributed by atoms with Crippen LogP contribution in [0.5, 0.6) is 0 Å². The van der Waals surface area contributed by atoms with Crippen molar-refractivity contribution < 1.29 is 27.0 Å². The van der Waals surface area contributed by atoms with Gasteiger partial charge in [-0.15, -0.1) is 0 Å². The lowest BCUT2D eigenvalue weighted by molar-refractivity contribution is -0.0960. The lowest BCUT2D eigenvalue weighted by Crippen LogP contribution is -2.32. The van der Waals surface area contributed by atoms with Gasteiger partial charge in [-0.3, -0.25) is 0 Å². The molecular formula is C7H14F5NO. The fourth-order valence-corrected chi connectivity index (χ4v) is 0.183. The molecule has 88 valence electrons. The quantitative estimate of drug-likeness (QED) is 0.405. The number of alkyl halides is 4. The predicted octanol–water partition coefficient (Wildman–Crippen LogP) is 2.73. The van der Waals surface area contributed by atoms with Crippen LogP contribution in [0.4, 0.5) is 22.1 Å². The molecule has 0 aromatic heterocycles. The second-order valence-electron chi connectivity index (χ2n) is 1.94. The third-order valence-corrected chi connectivity index (χ3v) is 0.842. The van der Waals surface area contributed by atoms with E-state index in [-0.39, 0.29) is 0 Å². The first-order valence-electron chi connectivity index (χ1n) is 3.29. The lowest BCUT2D eigenvalue weighted by Gasteiger charge is -2.18. The molecule has 0 N–H and O–H groups in total. The van der Waals surface area contributed by atoms with Crippen LogP contribution < -0.4 is 0 Å². The minimum atomic E-state index is -2.86. The zero-order chi connectivity index (χ0) is 12.2. The first-order chi connectivity index (χ1) is 6.33. The Hall–Kier alpha value is -0.690. The van der Waals surface area contributed by atoms with Gasteiger partial charge in [0.25, 0.3) is 0 Å². The number of nitrogens with zero attached hydrogens (tertiary/aromatic N) is 1. The zero-order valence-electron chi connectivity index (χ0n) is 8.24. The number of rotatable bonds is 2. The second kappa shape index (κ2) is 12.3. The zero-order valence-corrected chi connectivity index (χ0v) is 8.24. The molecule has 0 saturated heterocycles. The van der Waals surface area contributed by atoms with Crippen molar-refractivity contribution >= 4 is 0 Å². The van der Waals surface area contributed by atoms with Crippen LogP contribution in [0.25, 0.3) is 0 Å². The Kier molecular flexibility index (Phi) is 16.7. The van der Waals surface area contributed by atoms with E-state index >= 15 is 0 Å². The van der Waals surface area contributed by atoms with Gasteiger partial charge in [0, 0.05) is 0 Å². The van der Waals surface area contributed by atoms with Crippen molar-refractivity contribution in [3.8, 4) is 0 Å². The van der Waals surface area contributed by atoms with Gasteiger partial charge in [0.05, 0.1) is 7.11 Å². The standard InChI is InChI=1S/C5H9F2N.CH2F2.CH3FO/c1-4-5(6,7)8(2)3;2-1-3;1-3-2/h4H,1H2,2-3H3;1H2;1H3. The first-order valence-corrected chi connectivity index (χ1v) is 3.29. The van der Waals surface area contributed by atoms with Gasteiger partial charge in [-0.1, -0.05) is 6.58 Å². The van der Waals surface area contributed by atoms with Crippen LogP contribution >= 0.6 is 0 Å². The highest BCUT2D eigenvalue weighted by Gasteiger charge is 2.26. The smallest absolute Gasteiger partial charge is 0.247 e. The fraction of sp³-hybridized carbons (Fsp3) is 0.714. The molecule has 0 rings (SSSR count). The molecule has 0 saturated carbocycles. The van der Waals surface area contributed by atoms with Crippen LogP contribution in [0, 0.1) is 0 Å². The highest BCUT2D eigenvalue weighted by atomic mass is 19.3. The van der Waals surface area contributed by atoms with E-state index in [9.17, 15) is 22.1 Å². The van der Waals surface area contributed by atoms with Crippen LogP contribution in [-0.4, -0.2) is 39.1 Å².